The maximum Gasteiger partial charge on any atom is 0.221 e. The lowest BCUT2D eigenvalue weighted by molar-refractivity contribution is -0.114. The molecular weight excluding hydrogens is 426 g/mol. The molecule has 1 aliphatic carbocycles. The number of nitrogens with one attached hydrogen (secondary N) is 1. The summed E-state index contributed by atoms with van der Waals surface area (Å²) >= 11 is 1.80. The number of hydrogen-bond acceptors (Lipinski definition) is 4. The highest BCUT2D eigenvalue weighted by Crippen LogP contribution is 2.46. The lowest BCUT2D eigenvalue weighted by Crippen LogP contribution is -2.38. The highest BCUT2D eigenvalue weighted by molar-refractivity contribution is 7.16. The number of benzene rings is 1. The second-order valence-electron chi connectivity index (χ2n) is 9.49. The van der Waals surface area contributed by atoms with Gasteiger partial charge in [0.05, 0.1) is 6.04 Å². The average Bonchev–Trinajstić information content (AvgIpc) is 3.19. The number of aryl methyl sites for hydroxylation is 1. The fourth-order valence-corrected chi connectivity index (χ4v) is 6.96. The number of aromatic nitrogens is 1. The van der Waals surface area contributed by atoms with Gasteiger partial charge < -0.3 is 5.32 Å². The molecule has 1 fully saturated rings. The Kier molecular flexibility index (Phi) is 6.88. The molecule has 1 aliphatic heterocycles. The molecule has 1 aromatic carbocycles. The number of pyridine rings is 1. The molecule has 0 spiro atoms. The third kappa shape index (κ3) is 5.04. The summed E-state index contributed by atoms with van der Waals surface area (Å²) in [4.78, 5) is 20.7. The highest BCUT2D eigenvalue weighted by atomic mass is 32.1. The van der Waals surface area contributed by atoms with E-state index in [9.17, 15) is 4.79 Å². The van der Waals surface area contributed by atoms with E-state index in [0.29, 0.717) is 0 Å². The first kappa shape index (κ1) is 22.3. The third-order valence-corrected chi connectivity index (χ3v) is 8.38. The minimum absolute atomic E-state index is 0.0151. The van der Waals surface area contributed by atoms with Crippen LogP contribution in [0.15, 0.2) is 54.9 Å². The molecule has 4 nitrogen and oxygen atoms in total. The Labute approximate surface area is 201 Å². The topological polar surface area (TPSA) is 45.2 Å². The van der Waals surface area contributed by atoms with Crippen LogP contribution in [0.4, 0.5) is 5.00 Å². The van der Waals surface area contributed by atoms with Crippen molar-refractivity contribution in [1.29, 1.82) is 0 Å². The number of nitrogens with zero attached hydrogens (tertiary/aromatic N) is 2. The van der Waals surface area contributed by atoms with Crippen molar-refractivity contribution in [1.82, 2.24) is 9.88 Å². The summed E-state index contributed by atoms with van der Waals surface area (Å²) in [6.45, 7) is 3.76. The van der Waals surface area contributed by atoms with Crippen molar-refractivity contribution in [3.05, 3.63) is 82.0 Å². The molecule has 1 amide bonds. The van der Waals surface area contributed by atoms with Crippen molar-refractivity contribution in [2.75, 3.05) is 18.4 Å². The van der Waals surface area contributed by atoms with Crippen LogP contribution >= 0.6 is 11.3 Å². The standard InChI is InChI=1S/C28H33N3OS/c1-20(32)30-28-26(24-11-5-6-12-25(24)33-28)27(23-10-7-15-29-19-23)31-16-13-22(14-17-31)18-21-8-3-2-4-9-21/h2-4,7-10,15,19,22,27H,5-6,11-14,16-18H2,1H3,(H,30,32)/t27-/m1/s1. The van der Waals surface area contributed by atoms with Crippen molar-refractivity contribution in [3.8, 4) is 0 Å². The van der Waals surface area contributed by atoms with E-state index in [2.05, 4.69) is 51.6 Å². The monoisotopic (exact) mass is 459 g/mol. The Balaban J connectivity index is 1.45. The second kappa shape index (κ2) is 10.2. The molecule has 0 radical (unpaired) electrons. The van der Waals surface area contributed by atoms with Crippen molar-refractivity contribution >= 4 is 22.2 Å². The van der Waals surface area contributed by atoms with E-state index in [4.69, 9.17) is 0 Å². The zero-order chi connectivity index (χ0) is 22.6. The van der Waals surface area contributed by atoms with Crippen molar-refractivity contribution in [2.24, 2.45) is 5.92 Å². The van der Waals surface area contributed by atoms with Gasteiger partial charge in [-0.2, -0.15) is 0 Å². The van der Waals surface area contributed by atoms with Gasteiger partial charge in [0.2, 0.25) is 5.91 Å². The molecule has 0 bridgehead atoms. The first-order valence-electron chi connectivity index (χ1n) is 12.3. The summed E-state index contributed by atoms with van der Waals surface area (Å²) in [5.74, 6) is 0.741. The molecule has 1 saturated heterocycles. The van der Waals surface area contributed by atoms with Gasteiger partial charge in [-0.25, -0.2) is 0 Å². The summed E-state index contributed by atoms with van der Waals surface area (Å²) in [6.07, 6.45) is 12.2. The van der Waals surface area contributed by atoms with Gasteiger partial charge >= 0.3 is 0 Å². The van der Waals surface area contributed by atoms with Gasteiger partial charge in [0, 0.05) is 29.8 Å². The summed E-state index contributed by atoms with van der Waals surface area (Å²) in [5.41, 5.74) is 5.49. The average molecular weight is 460 g/mol. The lowest BCUT2D eigenvalue weighted by atomic mass is 9.86. The zero-order valence-corrected chi connectivity index (χ0v) is 20.2. The number of likely N-dealkylation sites (tertiary alicyclic amines) is 1. The minimum atomic E-state index is 0.0151. The maximum atomic E-state index is 12.1. The predicted octanol–water partition coefficient (Wildman–Crippen LogP) is 6.02. The van der Waals surface area contributed by atoms with Gasteiger partial charge in [0.15, 0.2) is 0 Å². The molecule has 33 heavy (non-hydrogen) atoms. The second-order valence-corrected chi connectivity index (χ2v) is 10.6. The van der Waals surface area contributed by atoms with Crippen LogP contribution in [0.1, 0.15) is 65.8 Å². The van der Waals surface area contributed by atoms with E-state index in [1.807, 2.05) is 18.5 Å². The van der Waals surface area contributed by atoms with Gasteiger partial charge in [-0.3, -0.25) is 14.7 Å². The van der Waals surface area contributed by atoms with Crippen LogP contribution in [-0.4, -0.2) is 28.9 Å². The van der Waals surface area contributed by atoms with E-state index >= 15 is 0 Å². The van der Waals surface area contributed by atoms with Gasteiger partial charge in [-0.1, -0.05) is 36.4 Å². The Hall–Kier alpha value is -2.50. The van der Waals surface area contributed by atoms with Crippen LogP contribution in [0.3, 0.4) is 0 Å². The molecular formula is C28H33N3OS. The smallest absolute Gasteiger partial charge is 0.221 e. The molecule has 3 aromatic rings. The number of hydrogen-bond donors (Lipinski definition) is 1. The summed E-state index contributed by atoms with van der Waals surface area (Å²) in [6, 6.07) is 15.3. The number of piperidine rings is 1. The van der Waals surface area contributed by atoms with E-state index in [1.54, 1.807) is 18.3 Å². The SMILES string of the molecule is CC(=O)Nc1sc2c(c1[C@@H](c1cccnc1)N1CCC(Cc3ccccc3)CC1)CCCC2. The van der Waals surface area contributed by atoms with Crippen molar-refractivity contribution in [2.45, 2.75) is 57.9 Å². The third-order valence-electron chi connectivity index (χ3n) is 7.16. The van der Waals surface area contributed by atoms with E-state index in [0.717, 1.165) is 43.3 Å². The van der Waals surface area contributed by atoms with Gasteiger partial charge in [0.1, 0.15) is 5.00 Å². The Morgan fingerprint density at radius 3 is 2.64 bits per heavy atom. The number of anilines is 1. The Morgan fingerprint density at radius 2 is 1.91 bits per heavy atom. The van der Waals surface area contributed by atoms with Crippen LogP contribution in [0, 0.1) is 5.92 Å². The van der Waals surface area contributed by atoms with E-state index in [-0.39, 0.29) is 11.9 Å². The van der Waals surface area contributed by atoms with Crippen LogP contribution in [-0.2, 0) is 24.1 Å². The number of rotatable bonds is 6. The molecule has 3 heterocycles. The molecule has 0 unspecified atom stereocenters. The number of thiophene rings is 1. The molecule has 5 heteroatoms. The van der Waals surface area contributed by atoms with Gasteiger partial charge in [-0.05, 0) is 86.7 Å². The minimum Gasteiger partial charge on any atom is -0.318 e. The molecule has 172 valence electrons. The molecule has 2 aromatic heterocycles. The van der Waals surface area contributed by atoms with Crippen LogP contribution in [0.5, 0.6) is 0 Å². The molecule has 5 rings (SSSR count). The maximum absolute atomic E-state index is 12.1. The molecule has 1 N–H and O–H groups in total. The van der Waals surface area contributed by atoms with Crippen LogP contribution < -0.4 is 5.32 Å². The van der Waals surface area contributed by atoms with Gasteiger partial charge in [0.25, 0.3) is 0 Å². The first-order valence-corrected chi connectivity index (χ1v) is 13.1. The largest absolute Gasteiger partial charge is 0.318 e. The number of carbonyl (C=O) groups excluding carboxylic acids is 1. The molecule has 2 aliphatic rings. The van der Waals surface area contributed by atoms with E-state index in [1.165, 1.54) is 52.8 Å². The highest BCUT2D eigenvalue weighted by Gasteiger charge is 2.34. The quantitative estimate of drug-likeness (QED) is 0.490. The fraction of sp³-hybridized carbons (Fsp3) is 0.429. The van der Waals surface area contributed by atoms with Crippen LogP contribution in [0.25, 0.3) is 0 Å². The zero-order valence-electron chi connectivity index (χ0n) is 19.4. The molecule has 0 saturated carbocycles. The van der Waals surface area contributed by atoms with Crippen molar-refractivity contribution < 1.29 is 4.79 Å². The molecule has 1 atom stereocenters. The summed E-state index contributed by atoms with van der Waals surface area (Å²) in [5, 5.41) is 4.24. The van der Waals surface area contributed by atoms with Crippen LogP contribution in [0.2, 0.25) is 0 Å². The fourth-order valence-electron chi connectivity index (χ4n) is 5.59. The number of carbonyl (C=O) groups is 1. The van der Waals surface area contributed by atoms with E-state index < -0.39 is 0 Å². The normalized spacial score (nSPS) is 18.0. The number of amides is 1. The summed E-state index contributed by atoms with van der Waals surface area (Å²) in [7, 11) is 0. The predicted molar refractivity (Wildman–Crippen MR) is 136 cm³/mol. The van der Waals surface area contributed by atoms with Gasteiger partial charge in [-0.15, -0.1) is 11.3 Å². The Bertz CT molecular complexity index is 1070. The lowest BCUT2D eigenvalue weighted by Gasteiger charge is -2.39. The first-order chi connectivity index (χ1) is 16.2. The van der Waals surface area contributed by atoms with Crippen molar-refractivity contribution in [3.63, 3.8) is 0 Å². The number of fused-ring (bicyclic) bond motifs is 1. The Morgan fingerprint density at radius 1 is 1.12 bits per heavy atom. The summed E-state index contributed by atoms with van der Waals surface area (Å²) < 4.78 is 0.